The van der Waals surface area contributed by atoms with E-state index in [1.807, 2.05) is 30.3 Å². The van der Waals surface area contributed by atoms with E-state index < -0.39 is 0 Å². The first-order valence-electron chi connectivity index (χ1n) is 5.75. The normalized spacial score (nSPS) is 10.8. The number of furan rings is 1. The fourth-order valence-corrected chi connectivity index (χ4v) is 2.31. The van der Waals surface area contributed by atoms with Crippen LogP contribution in [0, 0.1) is 0 Å². The van der Waals surface area contributed by atoms with Crippen LogP contribution in [0.4, 0.5) is 5.69 Å². The van der Waals surface area contributed by atoms with Crippen LogP contribution < -0.4 is 5.32 Å². The number of nitrogens with one attached hydrogen (secondary N) is 1. The maximum atomic E-state index is 6.10. The van der Waals surface area contributed by atoms with Crippen LogP contribution in [0.25, 0.3) is 10.9 Å². The molecule has 0 amide bonds. The van der Waals surface area contributed by atoms with Crippen molar-refractivity contribution in [3.8, 4) is 0 Å². The van der Waals surface area contributed by atoms with Gasteiger partial charge in [0.25, 0.3) is 0 Å². The zero-order valence-corrected chi connectivity index (χ0v) is 11.4. The van der Waals surface area contributed by atoms with Crippen LogP contribution in [-0.2, 0) is 6.54 Å². The third kappa shape index (κ3) is 2.67. The molecule has 0 aliphatic heterocycles. The molecule has 0 unspecified atom stereocenters. The van der Waals surface area contributed by atoms with Crippen LogP contribution in [0.1, 0.15) is 5.76 Å². The summed E-state index contributed by atoms with van der Waals surface area (Å²) in [7, 11) is 0. The minimum Gasteiger partial charge on any atom is -0.448 e. The maximum absolute atomic E-state index is 6.10. The highest BCUT2D eigenvalue weighted by Crippen LogP contribution is 2.27. The number of nitrogens with zero attached hydrogens (tertiary/aromatic N) is 1. The second-order valence-electron chi connectivity index (χ2n) is 4.09. The summed E-state index contributed by atoms with van der Waals surface area (Å²) in [5, 5.41) is 5.30. The van der Waals surface area contributed by atoms with Gasteiger partial charge < -0.3 is 9.73 Å². The van der Waals surface area contributed by atoms with Crippen LogP contribution in [0.5, 0.6) is 0 Å². The molecule has 3 aromatic rings. The van der Waals surface area contributed by atoms with Gasteiger partial charge in [0.05, 0.1) is 17.7 Å². The Bertz CT molecular complexity index is 724. The first kappa shape index (κ1) is 12.3. The van der Waals surface area contributed by atoms with Crippen molar-refractivity contribution in [3.63, 3.8) is 0 Å². The van der Waals surface area contributed by atoms with Gasteiger partial charge in [0.15, 0.2) is 5.22 Å². The van der Waals surface area contributed by atoms with Crippen molar-refractivity contribution >= 4 is 39.8 Å². The Balaban J connectivity index is 1.91. The SMILES string of the molecule is Clc1cc(NCc2ccc(Cl)o2)c2ncccc2c1. The minimum atomic E-state index is 0.380. The summed E-state index contributed by atoms with van der Waals surface area (Å²) in [5.74, 6) is 0.758. The predicted octanol–water partition coefficient (Wildman–Crippen LogP) is 4.75. The summed E-state index contributed by atoms with van der Waals surface area (Å²) >= 11 is 11.8. The molecule has 1 N–H and O–H groups in total. The molecule has 5 heteroatoms. The van der Waals surface area contributed by atoms with E-state index >= 15 is 0 Å². The van der Waals surface area contributed by atoms with E-state index in [-0.39, 0.29) is 0 Å². The maximum Gasteiger partial charge on any atom is 0.193 e. The second kappa shape index (κ2) is 5.11. The number of hydrogen-bond donors (Lipinski definition) is 1. The average Bonchev–Trinajstić information content (AvgIpc) is 2.81. The highest BCUT2D eigenvalue weighted by Gasteiger charge is 2.05. The van der Waals surface area contributed by atoms with E-state index in [0.717, 1.165) is 22.4 Å². The lowest BCUT2D eigenvalue weighted by Gasteiger charge is -2.08. The molecular weight excluding hydrogens is 283 g/mol. The van der Waals surface area contributed by atoms with Crippen molar-refractivity contribution in [2.75, 3.05) is 5.32 Å². The Morgan fingerprint density at radius 2 is 2.05 bits per heavy atom. The summed E-state index contributed by atoms with van der Waals surface area (Å²) in [6.45, 7) is 0.527. The van der Waals surface area contributed by atoms with E-state index in [1.54, 1.807) is 12.3 Å². The molecule has 19 heavy (non-hydrogen) atoms. The monoisotopic (exact) mass is 292 g/mol. The van der Waals surface area contributed by atoms with E-state index in [4.69, 9.17) is 27.6 Å². The number of pyridine rings is 1. The van der Waals surface area contributed by atoms with Crippen molar-refractivity contribution in [2.24, 2.45) is 0 Å². The molecular formula is C14H10Cl2N2O. The van der Waals surface area contributed by atoms with Crippen LogP contribution in [-0.4, -0.2) is 4.98 Å². The molecule has 3 rings (SSSR count). The van der Waals surface area contributed by atoms with E-state index in [9.17, 15) is 0 Å². The van der Waals surface area contributed by atoms with Crippen molar-refractivity contribution < 1.29 is 4.42 Å². The Morgan fingerprint density at radius 3 is 2.84 bits per heavy atom. The van der Waals surface area contributed by atoms with Gasteiger partial charge in [-0.15, -0.1) is 0 Å². The largest absolute Gasteiger partial charge is 0.448 e. The van der Waals surface area contributed by atoms with Crippen molar-refractivity contribution in [3.05, 3.63) is 58.6 Å². The molecule has 0 atom stereocenters. The summed E-state index contributed by atoms with van der Waals surface area (Å²) < 4.78 is 5.30. The highest BCUT2D eigenvalue weighted by atomic mass is 35.5. The zero-order chi connectivity index (χ0) is 13.2. The highest BCUT2D eigenvalue weighted by molar-refractivity contribution is 6.31. The summed E-state index contributed by atoms with van der Waals surface area (Å²) in [6.07, 6.45) is 1.76. The summed E-state index contributed by atoms with van der Waals surface area (Å²) in [4.78, 5) is 4.36. The third-order valence-corrected chi connectivity index (χ3v) is 3.17. The lowest BCUT2D eigenvalue weighted by molar-refractivity contribution is 0.520. The van der Waals surface area contributed by atoms with Gasteiger partial charge in [0.2, 0.25) is 0 Å². The average molecular weight is 293 g/mol. The van der Waals surface area contributed by atoms with Crippen molar-refractivity contribution in [1.29, 1.82) is 0 Å². The standard InChI is InChI=1S/C14H10Cl2N2O/c15-10-6-9-2-1-5-17-14(9)12(7-10)18-8-11-3-4-13(16)19-11/h1-7,18H,8H2. The third-order valence-electron chi connectivity index (χ3n) is 2.75. The van der Waals surface area contributed by atoms with Gasteiger partial charge in [-0.25, -0.2) is 0 Å². The minimum absolute atomic E-state index is 0.380. The molecule has 0 fully saturated rings. The van der Waals surface area contributed by atoms with E-state index in [2.05, 4.69) is 10.3 Å². The molecule has 0 spiro atoms. The first-order chi connectivity index (χ1) is 9.22. The molecule has 2 aromatic heterocycles. The smallest absolute Gasteiger partial charge is 0.193 e. The second-order valence-corrected chi connectivity index (χ2v) is 4.90. The number of aromatic nitrogens is 1. The number of anilines is 1. The Kier molecular flexibility index (Phi) is 3.32. The van der Waals surface area contributed by atoms with E-state index in [1.165, 1.54) is 0 Å². The van der Waals surface area contributed by atoms with Gasteiger partial charge in [0, 0.05) is 16.6 Å². The number of hydrogen-bond acceptors (Lipinski definition) is 3. The topological polar surface area (TPSA) is 38.1 Å². The number of halogens is 2. The van der Waals surface area contributed by atoms with Gasteiger partial charge in [-0.3, -0.25) is 4.98 Å². The van der Waals surface area contributed by atoms with E-state index in [0.29, 0.717) is 16.8 Å². The Labute approximate surface area is 120 Å². The van der Waals surface area contributed by atoms with Crippen LogP contribution in [0.2, 0.25) is 10.2 Å². The first-order valence-corrected chi connectivity index (χ1v) is 6.50. The van der Waals surface area contributed by atoms with Gasteiger partial charge in [-0.2, -0.15) is 0 Å². The predicted molar refractivity (Wildman–Crippen MR) is 77.8 cm³/mol. The summed E-state index contributed by atoms with van der Waals surface area (Å²) in [5.41, 5.74) is 1.75. The van der Waals surface area contributed by atoms with Crippen molar-refractivity contribution in [2.45, 2.75) is 6.54 Å². The molecule has 96 valence electrons. The Morgan fingerprint density at radius 1 is 1.16 bits per heavy atom. The molecule has 0 radical (unpaired) electrons. The lowest BCUT2D eigenvalue weighted by atomic mass is 10.2. The molecule has 0 saturated carbocycles. The molecule has 1 aromatic carbocycles. The van der Waals surface area contributed by atoms with Crippen LogP contribution >= 0.6 is 23.2 Å². The summed E-state index contributed by atoms with van der Waals surface area (Å²) in [6, 6.07) is 11.1. The van der Waals surface area contributed by atoms with Gasteiger partial charge >= 0.3 is 0 Å². The van der Waals surface area contributed by atoms with Crippen molar-refractivity contribution in [1.82, 2.24) is 4.98 Å². The van der Waals surface area contributed by atoms with Gasteiger partial charge in [0.1, 0.15) is 5.76 Å². The number of rotatable bonds is 3. The fraction of sp³-hybridized carbons (Fsp3) is 0.0714. The van der Waals surface area contributed by atoms with Gasteiger partial charge in [-0.1, -0.05) is 17.7 Å². The lowest BCUT2D eigenvalue weighted by Crippen LogP contribution is -1.99. The van der Waals surface area contributed by atoms with Crippen LogP contribution in [0.3, 0.4) is 0 Å². The Hall–Kier alpha value is -1.71. The molecule has 0 bridgehead atoms. The quantitative estimate of drug-likeness (QED) is 0.757. The molecule has 3 nitrogen and oxygen atoms in total. The molecule has 0 aliphatic rings. The molecule has 0 saturated heterocycles. The van der Waals surface area contributed by atoms with Gasteiger partial charge in [-0.05, 0) is 41.9 Å². The number of fused-ring (bicyclic) bond motifs is 1. The molecule has 0 aliphatic carbocycles. The van der Waals surface area contributed by atoms with Crippen LogP contribution in [0.15, 0.2) is 47.0 Å². The number of benzene rings is 1. The zero-order valence-electron chi connectivity index (χ0n) is 9.86. The fourth-order valence-electron chi connectivity index (χ4n) is 1.92. The molecule has 2 heterocycles.